The highest BCUT2D eigenvalue weighted by Crippen LogP contribution is 2.34. The third kappa shape index (κ3) is 3.10. The minimum absolute atomic E-state index is 0.0683. The number of aliphatic hydroxyl groups excluding tert-OH is 1. The molecule has 4 rings (SSSR count). The molecule has 0 saturated carbocycles. The van der Waals surface area contributed by atoms with Gasteiger partial charge >= 0.3 is 0 Å². The van der Waals surface area contributed by atoms with Crippen molar-refractivity contribution in [2.24, 2.45) is 0 Å². The van der Waals surface area contributed by atoms with Crippen LogP contribution in [0, 0.1) is 0 Å². The van der Waals surface area contributed by atoms with Gasteiger partial charge in [-0.15, -0.1) is 0 Å². The van der Waals surface area contributed by atoms with Gasteiger partial charge in [0.25, 0.3) is 5.56 Å². The average Bonchev–Trinajstić information content (AvgIpc) is 3.05. The molecule has 2 aliphatic rings. The van der Waals surface area contributed by atoms with Crippen LogP contribution in [0.1, 0.15) is 19.3 Å². The van der Waals surface area contributed by atoms with Crippen molar-refractivity contribution in [2.75, 3.05) is 13.3 Å². The minimum Gasteiger partial charge on any atom is -0.454 e. The fraction of sp³-hybridized carbons (Fsp3) is 0.471. The quantitative estimate of drug-likeness (QED) is 0.816. The number of ketones is 1. The van der Waals surface area contributed by atoms with E-state index in [4.69, 9.17) is 9.47 Å². The van der Waals surface area contributed by atoms with Crippen LogP contribution in [0.2, 0.25) is 0 Å². The second-order valence-corrected chi connectivity index (χ2v) is 6.41. The van der Waals surface area contributed by atoms with Crippen LogP contribution in [0.15, 0.2) is 23.3 Å². The maximum Gasteiger partial charge on any atom is 0.261 e. The van der Waals surface area contributed by atoms with Crippen molar-refractivity contribution in [1.82, 2.24) is 14.9 Å². The molecule has 2 N–H and O–H groups in total. The summed E-state index contributed by atoms with van der Waals surface area (Å²) in [5.41, 5.74) is 0.205. The van der Waals surface area contributed by atoms with Gasteiger partial charge in [-0.3, -0.25) is 14.2 Å². The number of aromatic nitrogens is 2. The number of nitrogens with one attached hydrogen (secondary N) is 1. The number of piperidine rings is 1. The summed E-state index contributed by atoms with van der Waals surface area (Å²) in [6, 6.07) is 3.01. The van der Waals surface area contributed by atoms with E-state index in [0.717, 1.165) is 13.0 Å². The van der Waals surface area contributed by atoms with E-state index in [-0.39, 0.29) is 37.1 Å². The second kappa shape index (κ2) is 6.45. The van der Waals surface area contributed by atoms with Crippen LogP contribution in [0.3, 0.4) is 0 Å². The molecule has 0 aliphatic carbocycles. The molecule has 2 aliphatic heterocycles. The van der Waals surface area contributed by atoms with Crippen molar-refractivity contribution in [1.29, 1.82) is 0 Å². The SMILES string of the molecule is O=C(CC1NCCCC1O)Cn1cnc2cc3c(cc2c1=O)OCO3. The number of carbonyl (C=O) groups excluding carboxylic acids is 1. The van der Waals surface area contributed by atoms with Gasteiger partial charge in [-0.1, -0.05) is 0 Å². The molecule has 1 aromatic carbocycles. The van der Waals surface area contributed by atoms with E-state index in [0.29, 0.717) is 28.8 Å². The monoisotopic (exact) mass is 345 g/mol. The first-order valence-electron chi connectivity index (χ1n) is 8.34. The Kier molecular flexibility index (Phi) is 4.14. The maximum absolute atomic E-state index is 12.6. The summed E-state index contributed by atoms with van der Waals surface area (Å²) in [6.07, 6.45) is 2.62. The standard InChI is InChI=1S/C17H19N3O5/c21-10(4-13-14(22)2-1-3-18-13)7-20-8-19-12-6-16-15(24-9-25-16)5-11(12)17(20)23/h5-6,8,13-14,18,22H,1-4,7,9H2. The van der Waals surface area contributed by atoms with Gasteiger partial charge in [-0.05, 0) is 25.5 Å². The summed E-state index contributed by atoms with van der Waals surface area (Å²) >= 11 is 0. The summed E-state index contributed by atoms with van der Waals surface area (Å²) in [4.78, 5) is 29.2. The molecule has 2 aromatic rings. The van der Waals surface area contributed by atoms with Crippen molar-refractivity contribution in [3.63, 3.8) is 0 Å². The molecule has 0 radical (unpaired) electrons. The van der Waals surface area contributed by atoms with Crippen LogP contribution in [0.5, 0.6) is 11.5 Å². The molecule has 25 heavy (non-hydrogen) atoms. The van der Waals surface area contributed by atoms with Crippen LogP contribution in [0.25, 0.3) is 10.9 Å². The molecule has 2 atom stereocenters. The molecule has 0 bridgehead atoms. The van der Waals surface area contributed by atoms with Gasteiger partial charge in [0.15, 0.2) is 17.3 Å². The number of Topliss-reactive ketones (excluding diaryl/α,β-unsaturated/α-hetero) is 1. The summed E-state index contributed by atoms with van der Waals surface area (Å²) in [5.74, 6) is 0.943. The smallest absolute Gasteiger partial charge is 0.261 e. The van der Waals surface area contributed by atoms with Crippen molar-refractivity contribution in [2.45, 2.75) is 38.0 Å². The Bertz CT molecular complexity index is 878. The van der Waals surface area contributed by atoms with E-state index in [1.165, 1.54) is 10.9 Å². The highest BCUT2D eigenvalue weighted by atomic mass is 16.7. The van der Waals surface area contributed by atoms with Gasteiger partial charge < -0.3 is 19.9 Å². The van der Waals surface area contributed by atoms with Gasteiger partial charge in [0.05, 0.1) is 29.9 Å². The highest BCUT2D eigenvalue weighted by Gasteiger charge is 2.25. The number of hydrogen-bond donors (Lipinski definition) is 2. The van der Waals surface area contributed by atoms with E-state index in [9.17, 15) is 14.7 Å². The molecule has 1 aromatic heterocycles. The number of rotatable bonds is 4. The summed E-state index contributed by atoms with van der Waals surface area (Å²) < 4.78 is 11.9. The van der Waals surface area contributed by atoms with E-state index >= 15 is 0 Å². The summed E-state index contributed by atoms with van der Waals surface area (Å²) in [5, 5.41) is 13.5. The Hall–Kier alpha value is -2.45. The van der Waals surface area contributed by atoms with Crippen LogP contribution < -0.4 is 20.3 Å². The number of benzene rings is 1. The van der Waals surface area contributed by atoms with Gasteiger partial charge in [-0.2, -0.15) is 0 Å². The van der Waals surface area contributed by atoms with Crippen LogP contribution in [0.4, 0.5) is 0 Å². The predicted molar refractivity (Wildman–Crippen MR) is 88.8 cm³/mol. The molecule has 2 unspecified atom stereocenters. The van der Waals surface area contributed by atoms with Gasteiger partial charge in [0, 0.05) is 18.5 Å². The zero-order chi connectivity index (χ0) is 17.4. The molecular weight excluding hydrogens is 326 g/mol. The zero-order valence-electron chi connectivity index (χ0n) is 13.6. The van der Waals surface area contributed by atoms with Gasteiger partial charge in [-0.25, -0.2) is 4.98 Å². The zero-order valence-corrected chi connectivity index (χ0v) is 13.6. The average molecular weight is 345 g/mol. The molecule has 8 nitrogen and oxygen atoms in total. The lowest BCUT2D eigenvalue weighted by Crippen LogP contribution is -2.46. The Morgan fingerprint density at radius 1 is 1.36 bits per heavy atom. The van der Waals surface area contributed by atoms with Crippen LogP contribution in [-0.4, -0.2) is 45.9 Å². The van der Waals surface area contributed by atoms with Crippen molar-refractivity contribution < 1.29 is 19.4 Å². The fourth-order valence-corrected chi connectivity index (χ4v) is 3.30. The van der Waals surface area contributed by atoms with E-state index in [1.807, 2.05) is 0 Å². The number of hydrogen-bond acceptors (Lipinski definition) is 7. The minimum atomic E-state index is -0.524. The third-order valence-corrected chi connectivity index (χ3v) is 4.66. The van der Waals surface area contributed by atoms with Crippen molar-refractivity contribution in [3.8, 4) is 11.5 Å². The van der Waals surface area contributed by atoms with Crippen molar-refractivity contribution in [3.05, 3.63) is 28.8 Å². The summed E-state index contributed by atoms with van der Waals surface area (Å²) in [7, 11) is 0. The summed E-state index contributed by atoms with van der Waals surface area (Å²) in [6.45, 7) is 0.843. The molecule has 1 fully saturated rings. The fourth-order valence-electron chi connectivity index (χ4n) is 3.30. The lowest BCUT2D eigenvalue weighted by molar-refractivity contribution is -0.121. The molecule has 0 amide bonds. The number of ether oxygens (including phenoxy) is 2. The Morgan fingerprint density at radius 2 is 2.16 bits per heavy atom. The first kappa shape index (κ1) is 16.0. The Morgan fingerprint density at radius 3 is 2.96 bits per heavy atom. The normalized spacial score (nSPS) is 22.3. The second-order valence-electron chi connectivity index (χ2n) is 6.41. The molecular formula is C17H19N3O5. The van der Waals surface area contributed by atoms with Crippen molar-refractivity contribution >= 4 is 16.7 Å². The molecule has 3 heterocycles. The number of fused-ring (bicyclic) bond motifs is 2. The van der Waals surface area contributed by atoms with E-state index in [1.54, 1.807) is 12.1 Å². The predicted octanol–water partition coefficient (Wildman–Crippen LogP) is 0.197. The Labute approximate surface area is 143 Å². The van der Waals surface area contributed by atoms with Gasteiger partial charge in [0.2, 0.25) is 6.79 Å². The van der Waals surface area contributed by atoms with E-state index < -0.39 is 6.10 Å². The Balaban J connectivity index is 1.55. The number of carbonyl (C=O) groups is 1. The number of aliphatic hydroxyl groups is 1. The third-order valence-electron chi connectivity index (χ3n) is 4.66. The molecule has 1 saturated heterocycles. The lowest BCUT2D eigenvalue weighted by Gasteiger charge is -2.28. The first-order chi connectivity index (χ1) is 12.1. The topological polar surface area (TPSA) is 103 Å². The number of nitrogens with zero attached hydrogens (tertiary/aromatic N) is 2. The molecule has 0 spiro atoms. The largest absolute Gasteiger partial charge is 0.454 e. The highest BCUT2D eigenvalue weighted by molar-refractivity contribution is 5.83. The van der Waals surface area contributed by atoms with Crippen LogP contribution in [-0.2, 0) is 11.3 Å². The van der Waals surface area contributed by atoms with Gasteiger partial charge in [0.1, 0.15) is 0 Å². The maximum atomic E-state index is 12.6. The first-order valence-corrected chi connectivity index (χ1v) is 8.34. The molecule has 8 heteroatoms. The van der Waals surface area contributed by atoms with Crippen LogP contribution >= 0.6 is 0 Å². The molecule has 132 valence electrons. The lowest BCUT2D eigenvalue weighted by atomic mass is 9.97. The van der Waals surface area contributed by atoms with E-state index in [2.05, 4.69) is 10.3 Å².